The third-order valence-electron chi connectivity index (χ3n) is 6.45. The molecule has 1 saturated heterocycles. The van der Waals surface area contributed by atoms with Crippen LogP contribution in [0.1, 0.15) is 50.8 Å². The summed E-state index contributed by atoms with van der Waals surface area (Å²) in [7, 11) is 1.70. The van der Waals surface area contributed by atoms with E-state index in [-0.39, 0.29) is 29.7 Å². The van der Waals surface area contributed by atoms with Gasteiger partial charge >= 0.3 is 0 Å². The summed E-state index contributed by atoms with van der Waals surface area (Å²) in [6.07, 6.45) is 1.34. The summed E-state index contributed by atoms with van der Waals surface area (Å²) in [4.78, 5) is 41.1. The van der Waals surface area contributed by atoms with Gasteiger partial charge in [0, 0.05) is 6.54 Å². The fraction of sp³-hybridized carbons (Fsp3) is 0.444. The first-order valence-corrected chi connectivity index (χ1v) is 12.0. The maximum absolute atomic E-state index is 13.5. The number of hydrogen-bond donors (Lipinski definition) is 3. The molecule has 0 aliphatic carbocycles. The Morgan fingerprint density at radius 3 is 1.94 bits per heavy atom. The van der Waals surface area contributed by atoms with Crippen molar-refractivity contribution in [2.45, 2.75) is 57.8 Å². The molecule has 3 amide bonds. The third-order valence-corrected chi connectivity index (χ3v) is 6.45. The Bertz CT molecular complexity index is 925. The quantitative estimate of drug-likeness (QED) is 0.532. The normalized spacial score (nSPS) is 17.5. The summed E-state index contributed by atoms with van der Waals surface area (Å²) in [5, 5.41) is 8.95. The van der Waals surface area contributed by atoms with E-state index in [0.717, 1.165) is 17.5 Å². The van der Waals surface area contributed by atoms with E-state index in [1.165, 1.54) is 0 Å². The largest absolute Gasteiger partial charge is 0.343 e. The number of benzene rings is 2. The van der Waals surface area contributed by atoms with Gasteiger partial charge in [0.05, 0.1) is 12.1 Å². The van der Waals surface area contributed by atoms with Gasteiger partial charge < -0.3 is 20.9 Å². The van der Waals surface area contributed by atoms with E-state index in [1.54, 1.807) is 18.9 Å². The summed E-state index contributed by atoms with van der Waals surface area (Å²) in [6, 6.07) is 17.7. The first-order chi connectivity index (χ1) is 16.3. The zero-order valence-corrected chi connectivity index (χ0v) is 20.5. The summed E-state index contributed by atoms with van der Waals surface area (Å²) in [5.74, 6) is -0.726. The van der Waals surface area contributed by atoms with Crippen molar-refractivity contribution in [3.05, 3.63) is 71.8 Å². The molecule has 0 saturated carbocycles. The monoisotopic (exact) mass is 464 g/mol. The molecule has 1 heterocycles. The first kappa shape index (κ1) is 25.4. The smallest absolute Gasteiger partial charge is 0.246 e. The second-order valence-corrected chi connectivity index (χ2v) is 9.19. The number of hydrogen-bond acceptors (Lipinski definition) is 4. The summed E-state index contributed by atoms with van der Waals surface area (Å²) in [5.41, 5.74) is 1.96. The Hall–Kier alpha value is -3.19. The van der Waals surface area contributed by atoms with Gasteiger partial charge in [-0.1, -0.05) is 74.5 Å². The molecule has 0 bridgehead atoms. The minimum atomic E-state index is -0.684. The minimum absolute atomic E-state index is 0.105. The Kier molecular flexibility index (Phi) is 8.82. The lowest BCUT2D eigenvalue weighted by Gasteiger charge is -2.32. The van der Waals surface area contributed by atoms with E-state index < -0.39 is 18.1 Å². The van der Waals surface area contributed by atoms with Gasteiger partial charge in [0.15, 0.2) is 0 Å². The summed E-state index contributed by atoms with van der Waals surface area (Å²) >= 11 is 0. The molecule has 7 nitrogen and oxygen atoms in total. The lowest BCUT2D eigenvalue weighted by Crippen LogP contribution is -2.57. The van der Waals surface area contributed by atoms with Crippen LogP contribution in [0.15, 0.2) is 60.7 Å². The van der Waals surface area contributed by atoms with Gasteiger partial charge in [-0.25, -0.2) is 0 Å². The van der Waals surface area contributed by atoms with Crippen LogP contribution in [0.25, 0.3) is 0 Å². The number of carbonyl (C=O) groups is 3. The average molecular weight is 465 g/mol. The highest BCUT2D eigenvalue weighted by Crippen LogP contribution is 2.25. The van der Waals surface area contributed by atoms with E-state index in [1.807, 2.05) is 74.5 Å². The van der Waals surface area contributed by atoms with E-state index in [4.69, 9.17) is 0 Å². The minimum Gasteiger partial charge on any atom is -0.343 e. The third kappa shape index (κ3) is 6.03. The molecule has 34 heavy (non-hydrogen) atoms. The van der Waals surface area contributed by atoms with Gasteiger partial charge in [0.25, 0.3) is 0 Å². The Balaban J connectivity index is 1.79. The number of likely N-dealkylation sites (N-methyl/N-ethyl adjacent to an activating group) is 1. The number of rotatable bonds is 9. The molecule has 2 aromatic rings. The zero-order chi connectivity index (χ0) is 24.7. The summed E-state index contributed by atoms with van der Waals surface area (Å²) in [6.45, 7) is 6.05. The second kappa shape index (κ2) is 11.8. The van der Waals surface area contributed by atoms with Crippen LogP contribution in [0.2, 0.25) is 0 Å². The molecule has 0 radical (unpaired) electrons. The highest BCUT2D eigenvalue weighted by Gasteiger charge is 2.39. The van der Waals surface area contributed by atoms with Gasteiger partial charge in [0.1, 0.15) is 12.1 Å². The van der Waals surface area contributed by atoms with Crippen molar-refractivity contribution in [3.8, 4) is 0 Å². The van der Waals surface area contributed by atoms with Crippen LogP contribution in [0.5, 0.6) is 0 Å². The van der Waals surface area contributed by atoms with Gasteiger partial charge in [-0.2, -0.15) is 0 Å². The zero-order valence-electron chi connectivity index (χ0n) is 20.5. The second-order valence-electron chi connectivity index (χ2n) is 9.19. The maximum Gasteiger partial charge on any atom is 0.246 e. The molecule has 182 valence electrons. The molecule has 1 aliphatic rings. The fourth-order valence-corrected chi connectivity index (χ4v) is 4.29. The van der Waals surface area contributed by atoms with Crippen molar-refractivity contribution < 1.29 is 14.4 Å². The van der Waals surface area contributed by atoms with Crippen molar-refractivity contribution in [2.24, 2.45) is 5.92 Å². The number of amides is 3. The van der Waals surface area contributed by atoms with Crippen molar-refractivity contribution in [1.82, 2.24) is 20.9 Å². The van der Waals surface area contributed by atoms with Crippen molar-refractivity contribution in [2.75, 3.05) is 13.6 Å². The van der Waals surface area contributed by atoms with E-state index in [0.29, 0.717) is 13.0 Å². The van der Waals surface area contributed by atoms with Crippen LogP contribution in [0.3, 0.4) is 0 Å². The lowest BCUT2D eigenvalue weighted by atomic mass is 9.98. The molecule has 0 spiro atoms. The van der Waals surface area contributed by atoms with E-state index in [9.17, 15) is 14.4 Å². The molecule has 3 N–H and O–H groups in total. The molecule has 3 atom stereocenters. The van der Waals surface area contributed by atoms with E-state index in [2.05, 4.69) is 16.0 Å². The van der Waals surface area contributed by atoms with Crippen molar-refractivity contribution in [1.29, 1.82) is 0 Å². The van der Waals surface area contributed by atoms with Gasteiger partial charge in [0.2, 0.25) is 17.7 Å². The number of nitrogens with zero attached hydrogens (tertiary/aromatic N) is 1. The molecule has 3 rings (SSSR count). The molecule has 0 unspecified atom stereocenters. The number of nitrogens with one attached hydrogen (secondary N) is 3. The Morgan fingerprint density at radius 2 is 1.44 bits per heavy atom. The van der Waals surface area contributed by atoms with Crippen LogP contribution < -0.4 is 16.0 Å². The van der Waals surface area contributed by atoms with Crippen LogP contribution in [-0.2, 0) is 14.4 Å². The predicted octanol–water partition coefficient (Wildman–Crippen LogP) is 2.63. The molecule has 2 aromatic carbocycles. The standard InChI is InChI=1S/C27H36N4O3/c1-18(2)23(29-25(32)19(3)28-4)27(34)31-17-11-16-22(31)26(33)30-24(20-12-7-5-8-13-20)21-14-9-6-10-15-21/h5-10,12-15,18-19,22-24,28H,11,16-17H2,1-4H3,(H,29,32)(H,30,33)/t19-,22+,23+/m1/s1. The molecule has 1 aliphatic heterocycles. The van der Waals surface area contributed by atoms with Crippen LogP contribution in [0.4, 0.5) is 0 Å². The number of likely N-dealkylation sites (tertiary alicyclic amines) is 1. The predicted molar refractivity (Wildman–Crippen MR) is 133 cm³/mol. The molecule has 0 aromatic heterocycles. The van der Waals surface area contributed by atoms with Gasteiger partial charge in [-0.05, 0) is 43.9 Å². The van der Waals surface area contributed by atoms with Gasteiger partial charge in [-0.3, -0.25) is 14.4 Å². The van der Waals surface area contributed by atoms with Crippen LogP contribution in [-0.4, -0.2) is 54.3 Å². The maximum atomic E-state index is 13.5. The highest BCUT2D eigenvalue weighted by atomic mass is 16.2. The SMILES string of the molecule is CN[C@H](C)C(=O)N[C@H](C(=O)N1CCC[C@H]1C(=O)NC(c1ccccc1)c1ccccc1)C(C)C. The van der Waals surface area contributed by atoms with Crippen molar-refractivity contribution >= 4 is 17.7 Å². The molecular formula is C27H36N4O3. The Labute approximate surface area is 202 Å². The fourth-order valence-electron chi connectivity index (χ4n) is 4.29. The van der Waals surface area contributed by atoms with Gasteiger partial charge in [-0.15, -0.1) is 0 Å². The Morgan fingerprint density at radius 1 is 0.882 bits per heavy atom. The average Bonchev–Trinajstić information content (AvgIpc) is 3.35. The topological polar surface area (TPSA) is 90.5 Å². The molecule has 7 heteroatoms. The van der Waals surface area contributed by atoms with Crippen LogP contribution >= 0.6 is 0 Å². The summed E-state index contributed by atoms with van der Waals surface area (Å²) < 4.78 is 0. The van der Waals surface area contributed by atoms with Crippen LogP contribution in [0, 0.1) is 5.92 Å². The van der Waals surface area contributed by atoms with Crippen molar-refractivity contribution in [3.63, 3.8) is 0 Å². The lowest BCUT2D eigenvalue weighted by molar-refractivity contribution is -0.142. The number of carbonyl (C=O) groups excluding carboxylic acids is 3. The molecule has 1 fully saturated rings. The van der Waals surface area contributed by atoms with E-state index >= 15 is 0 Å². The first-order valence-electron chi connectivity index (χ1n) is 12.0. The highest BCUT2D eigenvalue weighted by molar-refractivity contribution is 5.93. The molecular weight excluding hydrogens is 428 g/mol.